The van der Waals surface area contributed by atoms with Crippen molar-refractivity contribution in [3.8, 4) is 21.7 Å². The van der Waals surface area contributed by atoms with Gasteiger partial charge in [-0.05, 0) is 79.5 Å². The number of hydrogen-bond donors (Lipinski definition) is 1. The van der Waals surface area contributed by atoms with Crippen LogP contribution in [0.1, 0.15) is 58.1 Å². The van der Waals surface area contributed by atoms with E-state index < -0.39 is 0 Å². The summed E-state index contributed by atoms with van der Waals surface area (Å²) in [4.78, 5) is 23.1. The van der Waals surface area contributed by atoms with E-state index in [0.717, 1.165) is 58.1 Å². The van der Waals surface area contributed by atoms with Gasteiger partial charge >= 0.3 is 29.6 Å². The summed E-state index contributed by atoms with van der Waals surface area (Å²) in [6, 6.07) is 13.7. The van der Waals surface area contributed by atoms with E-state index in [2.05, 4.69) is 65.5 Å². The zero-order valence-corrected chi connectivity index (χ0v) is 30.9. The summed E-state index contributed by atoms with van der Waals surface area (Å²) in [5, 5.41) is 5.61. The first-order valence-electron chi connectivity index (χ1n) is 15.4. The number of thiazole rings is 2. The van der Waals surface area contributed by atoms with Crippen molar-refractivity contribution in [2.45, 2.75) is 45.6 Å². The molecule has 0 bridgehead atoms. The van der Waals surface area contributed by atoms with Crippen LogP contribution >= 0.6 is 22.7 Å². The molecule has 6 heterocycles. The second-order valence-electron chi connectivity index (χ2n) is 12.2. The van der Waals surface area contributed by atoms with E-state index in [4.69, 9.17) is 15.0 Å². The third-order valence-corrected chi connectivity index (χ3v) is 10.8. The molecule has 0 spiro atoms. The summed E-state index contributed by atoms with van der Waals surface area (Å²) in [5.74, 6) is 3.36. The summed E-state index contributed by atoms with van der Waals surface area (Å²) < 4.78 is 6.45. The Morgan fingerprint density at radius 1 is 0.804 bits per heavy atom. The van der Waals surface area contributed by atoms with Crippen LogP contribution in [-0.2, 0) is 14.1 Å². The topological polar surface area (TPSA) is 85.8 Å². The maximum Gasteiger partial charge on any atom is 1.00 e. The van der Waals surface area contributed by atoms with Gasteiger partial charge in [0.05, 0.1) is 20.4 Å². The van der Waals surface area contributed by atoms with Crippen molar-refractivity contribution in [3.63, 3.8) is 0 Å². The molecule has 2 aliphatic heterocycles. The molecule has 3 atom stereocenters. The van der Waals surface area contributed by atoms with E-state index in [1.165, 1.54) is 45.5 Å². The van der Waals surface area contributed by atoms with Crippen LogP contribution in [0.3, 0.4) is 0 Å². The summed E-state index contributed by atoms with van der Waals surface area (Å²) in [6.07, 6.45) is 12.3. The predicted molar refractivity (Wildman–Crippen MR) is 189 cm³/mol. The predicted octanol–water partition coefficient (Wildman–Crippen LogP) is 4.41. The molecule has 4 aromatic heterocycles. The summed E-state index contributed by atoms with van der Waals surface area (Å²) in [6.45, 7) is 6.64. The molecule has 6 aromatic rings. The molecule has 0 saturated carbocycles. The first-order valence-corrected chi connectivity index (χ1v) is 17.1. The summed E-state index contributed by atoms with van der Waals surface area (Å²) >= 11 is 3.40. The van der Waals surface area contributed by atoms with E-state index >= 15 is 0 Å². The Balaban J connectivity index is 0.000000200. The molecule has 8 nitrogen and oxygen atoms in total. The number of imidazole rings is 2. The standard InChI is InChI=1S/C17H20N4S.C17H18N4S.B.Na.H/c2*1-11-3-5-13(19-10-11)12-4-6-15-14(9-12)20-17(22-15)16-18-7-8-21(16)2;;;/h4,6-9,11,13,19H,3,5,10H2,1-2H3;4,6-9,11H,3,5,10H2,1-2H3;;;/q;;;+1;-1/t11-,13+;11-;;;/m00.../s1. The Hall–Kier alpha value is -2.67. The number of fused-ring (bicyclic) bond motifs is 2. The molecule has 2 aromatic carbocycles. The van der Waals surface area contributed by atoms with Crippen molar-refractivity contribution in [2.24, 2.45) is 30.9 Å². The zero-order valence-electron chi connectivity index (χ0n) is 28.3. The van der Waals surface area contributed by atoms with Gasteiger partial charge in [-0.1, -0.05) is 26.0 Å². The Morgan fingerprint density at radius 2 is 1.43 bits per heavy atom. The van der Waals surface area contributed by atoms with Crippen LogP contribution in [-0.4, -0.2) is 56.3 Å². The minimum absolute atomic E-state index is 0. The van der Waals surface area contributed by atoms with Gasteiger partial charge in [0, 0.05) is 65.6 Å². The van der Waals surface area contributed by atoms with Crippen LogP contribution in [0.5, 0.6) is 0 Å². The zero-order chi connectivity index (χ0) is 30.2. The van der Waals surface area contributed by atoms with Gasteiger partial charge in [0.25, 0.3) is 0 Å². The van der Waals surface area contributed by atoms with Gasteiger partial charge in [0.15, 0.2) is 21.7 Å². The monoisotopic (exact) mass is 657 g/mol. The fourth-order valence-corrected chi connectivity index (χ4v) is 7.91. The van der Waals surface area contributed by atoms with Crippen LogP contribution in [0.25, 0.3) is 42.1 Å². The fraction of sp³-hybridized carbons (Fsp3) is 0.382. The number of hydrogen-bond acceptors (Lipinski definition) is 8. The molecular formula is C34H39BN8NaS2. The molecule has 2 aliphatic rings. The van der Waals surface area contributed by atoms with Crippen LogP contribution in [0, 0.1) is 11.8 Å². The number of aromatic nitrogens is 6. The normalized spacial score (nSPS) is 19.6. The van der Waals surface area contributed by atoms with Crippen molar-refractivity contribution in [1.29, 1.82) is 0 Å². The minimum Gasteiger partial charge on any atom is -1.00 e. The molecule has 0 aliphatic carbocycles. The molecule has 12 heteroatoms. The molecule has 0 unspecified atom stereocenters. The Bertz CT molecular complexity index is 1960. The van der Waals surface area contributed by atoms with Crippen molar-refractivity contribution in [3.05, 3.63) is 72.3 Å². The number of nitrogens with one attached hydrogen (secondary N) is 1. The second kappa shape index (κ2) is 15.0. The van der Waals surface area contributed by atoms with Gasteiger partial charge < -0.3 is 15.9 Å². The van der Waals surface area contributed by atoms with Crippen LogP contribution < -0.4 is 34.9 Å². The molecule has 0 amide bonds. The van der Waals surface area contributed by atoms with Crippen molar-refractivity contribution >= 4 is 57.2 Å². The van der Waals surface area contributed by atoms with E-state index in [1.807, 2.05) is 48.0 Å². The van der Waals surface area contributed by atoms with Gasteiger partial charge in [0.1, 0.15) is 0 Å². The molecule has 1 saturated heterocycles. The first-order chi connectivity index (χ1) is 21.4. The third-order valence-electron chi connectivity index (χ3n) is 8.69. The summed E-state index contributed by atoms with van der Waals surface area (Å²) in [5.41, 5.74) is 5.93. The Labute approximate surface area is 304 Å². The van der Waals surface area contributed by atoms with Crippen LogP contribution in [0.4, 0.5) is 0 Å². The SMILES string of the molecule is C[C@H]1CCC(c2ccc3sc(-c4nccn4C)nc3c2)=NC1.C[C@H]1CC[C@H](c2ccc3sc(-c4nccn4C)nc3c2)NC1.[B].[H-].[Na+]. The largest absolute Gasteiger partial charge is 1.00 e. The minimum atomic E-state index is 0. The van der Waals surface area contributed by atoms with Gasteiger partial charge in [-0.15, -0.1) is 22.7 Å². The van der Waals surface area contributed by atoms with E-state index in [0.29, 0.717) is 12.0 Å². The van der Waals surface area contributed by atoms with Crippen molar-refractivity contribution < 1.29 is 31.0 Å². The van der Waals surface area contributed by atoms with Crippen molar-refractivity contribution in [1.82, 2.24) is 34.4 Å². The van der Waals surface area contributed by atoms with Gasteiger partial charge in [-0.3, -0.25) is 4.99 Å². The molecular weight excluding hydrogens is 618 g/mol. The summed E-state index contributed by atoms with van der Waals surface area (Å²) in [7, 11) is 4.00. The van der Waals surface area contributed by atoms with Crippen molar-refractivity contribution in [2.75, 3.05) is 13.1 Å². The molecule has 1 fully saturated rings. The maximum absolute atomic E-state index is 4.79. The average Bonchev–Trinajstić information content (AvgIpc) is 3.83. The van der Waals surface area contributed by atoms with E-state index in [9.17, 15) is 0 Å². The molecule has 3 radical (unpaired) electrons. The fourth-order valence-electron chi connectivity index (χ4n) is 5.94. The Morgan fingerprint density at radius 3 is 1.98 bits per heavy atom. The number of aryl methyl sites for hydroxylation is 2. The number of aliphatic imine (C=N–C) groups is 1. The third kappa shape index (κ3) is 7.40. The molecule has 1 N–H and O–H groups in total. The number of benzene rings is 2. The van der Waals surface area contributed by atoms with E-state index in [-0.39, 0.29) is 39.4 Å². The Kier molecular flexibility index (Phi) is 11.3. The number of piperidine rings is 1. The average molecular weight is 658 g/mol. The number of rotatable bonds is 4. The maximum atomic E-state index is 4.79. The van der Waals surface area contributed by atoms with Crippen LogP contribution in [0.2, 0.25) is 0 Å². The quantitative estimate of drug-likeness (QED) is 0.284. The molecule has 46 heavy (non-hydrogen) atoms. The van der Waals surface area contributed by atoms with Gasteiger partial charge in [0.2, 0.25) is 0 Å². The smallest absolute Gasteiger partial charge is 1.00 e. The first kappa shape index (κ1) is 34.7. The molecule has 231 valence electrons. The van der Waals surface area contributed by atoms with Gasteiger partial charge in [-0.25, -0.2) is 19.9 Å². The second-order valence-corrected chi connectivity index (χ2v) is 14.3. The molecule has 8 rings (SSSR count). The number of nitrogens with zero attached hydrogens (tertiary/aromatic N) is 7. The van der Waals surface area contributed by atoms with Gasteiger partial charge in [-0.2, -0.15) is 0 Å². The van der Waals surface area contributed by atoms with E-state index in [1.54, 1.807) is 22.7 Å². The van der Waals surface area contributed by atoms with Crippen LogP contribution in [0.15, 0.2) is 66.2 Å².